The lowest BCUT2D eigenvalue weighted by Gasteiger charge is -2.32. The molecule has 0 aliphatic carbocycles. The predicted octanol–water partition coefficient (Wildman–Crippen LogP) is 4.48. The number of benzene rings is 2. The minimum Gasteiger partial charge on any atom is -0.508 e. The van der Waals surface area contributed by atoms with Gasteiger partial charge in [0.05, 0.1) is 0 Å². The van der Waals surface area contributed by atoms with Crippen LogP contribution < -0.4 is 5.32 Å². The number of nitrogens with zero attached hydrogens (tertiary/aromatic N) is 1. The molecular formula is C24H34N2O2. The monoisotopic (exact) mass is 382 g/mol. The van der Waals surface area contributed by atoms with E-state index in [1.54, 1.807) is 12.1 Å². The second kappa shape index (κ2) is 11.5. The molecule has 2 N–H and O–H groups in total. The fourth-order valence-corrected chi connectivity index (χ4v) is 3.70. The van der Waals surface area contributed by atoms with Crippen molar-refractivity contribution in [1.29, 1.82) is 0 Å². The number of rotatable bonds is 6. The number of likely N-dealkylation sites (tertiary alicyclic amines) is 1. The zero-order valence-corrected chi connectivity index (χ0v) is 17.4. The molecule has 0 bridgehead atoms. The third kappa shape index (κ3) is 6.38. The zero-order chi connectivity index (χ0) is 20.4. The molecule has 1 aliphatic heterocycles. The van der Waals surface area contributed by atoms with Gasteiger partial charge in [0.25, 0.3) is 0 Å². The molecule has 2 aromatic carbocycles. The highest BCUT2D eigenvalue weighted by atomic mass is 16.3. The Hall–Kier alpha value is -2.33. The fraction of sp³-hybridized carbons (Fsp3) is 0.458. The van der Waals surface area contributed by atoms with Gasteiger partial charge in [-0.05, 0) is 61.1 Å². The largest absolute Gasteiger partial charge is 0.508 e. The maximum absolute atomic E-state index is 12.5. The van der Waals surface area contributed by atoms with Crippen molar-refractivity contribution >= 4 is 5.91 Å². The Morgan fingerprint density at radius 3 is 2.39 bits per heavy atom. The normalized spacial score (nSPS) is 14.3. The molecule has 4 heteroatoms. The molecule has 1 amide bonds. The standard InChI is InChI=1S/C22H28N2O2.C2H6/c1-23-16-18-3-2-4-20(15-18)19-11-13-24(14-12-19)22(26)10-7-17-5-8-21(25)9-6-17;1-2/h2-6,8-9,15,19,23,25H,7,10-14,16H2,1H3;1-2H3. The van der Waals surface area contributed by atoms with Crippen molar-refractivity contribution in [2.45, 2.75) is 52.0 Å². The number of phenols is 1. The average molecular weight is 383 g/mol. The van der Waals surface area contributed by atoms with E-state index in [1.165, 1.54) is 11.1 Å². The van der Waals surface area contributed by atoms with Crippen LogP contribution in [0.4, 0.5) is 0 Å². The van der Waals surface area contributed by atoms with Gasteiger partial charge in [0.1, 0.15) is 5.75 Å². The average Bonchev–Trinajstić information content (AvgIpc) is 2.75. The predicted molar refractivity (Wildman–Crippen MR) is 116 cm³/mol. The number of amides is 1. The molecule has 152 valence electrons. The third-order valence-electron chi connectivity index (χ3n) is 5.21. The number of phenolic OH excluding ortho intramolecular Hbond substituents is 1. The molecule has 3 rings (SSSR count). The van der Waals surface area contributed by atoms with E-state index in [-0.39, 0.29) is 11.7 Å². The van der Waals surface area contributed by atoms with Gasteiger partial charge in [-0.25, -0.2) is 0 Å². The highest BCUT2D eigenvalue weighted by Gasteiger charge is 2.23. The van der Waals surface area contributed by atoms with E-state index < -0.39 is 0 Å². The summed E-state index contributed by atoms with van der Waals surface area (Å²) in [4.78, 5) is 14.5. The van der Waals surface area contributed by atoms with Crippen molar-refractivity contribution in [3.63, 3.8) is 0 Å². The number of piperidine rings is 1. The summed E-state index contributed by atoms with van der Waals surface area (Å²) in [6, 6.07) is 15.9. The molecule has 1 aliphatic rings. The second-order valence-corrected chi connectivity index (χ2v) is 7.10. The van der Waals surface area contributed by atoms with Crippen LogP contribution in [0.5, 0.6) is 5.75 Å². The van der Waals surface area contributed by atoms with Crippen molar-refractivity contribution in [1.82, 2.24) is 10.2 Å². The lowest BCUT2D eigenvalue weighted by molar-refractivity contribution is -0.132. The SMILES string of the molecule is CC.CNCc1cccc(C2CCN(C(=O)CCc3ccc(O)cc3)CC2)c1. The molecule has 0 atom stereocenters. The van der Waals surface area contributed by atoms with Crippen LogP contribution in [-0.2, 0) is 17.8 Å². The molecule has 1 saturated heterocycles. The van der Waals surface area contributed by atoms with Gasteiger partial charge in [-0.15, -0.1) is 0 Å². The highest BCUT2D eigenvalue weighted by molar-refractivity contribution is 5.76. The Balaban J connectivity index is 0.00000136. The Morgan fingerprint density at radius 1 is 1.07 bits per heavy atom. The van der Waals surface area contributed by atoms with Crippen LogP contribution in [0.2, 0.25) is 0 Å². The summed E-state index contributed by atoms with van der Waals surface area (Å²) in [5.74, 6) is 1.05. The van der Waals surface area contributed by atoms with Crippen LogP contribution >= 0.6 is 0 Å². The van der Waals surface area contributed by atoms with Crippen LogP contribution in [0, 0.1) is 0 Å². The van der Waals surface area contributed by atoms with E-state index in [0.29, 0.717) is 12.3 Å². The quantitative estimate of drug-likeness (QED) is 0.775. The van der Waals surface area contributed by atoms with Gasteiger partial charge in [0, 0.05) is 26.1 Å². The summed E-state index contributed by atoms with van der Waals surface area (Å²) in [6.07, 6.45) is 3.33. The van der Waals surface area contributed by atoms with Crippen molar-refractivity contribution in [3.8, 4) is 5.75 Å². The van der Waals surface area contributed by atoms with E-state index in [9.17, 15) is 9.90 Å². The number of hydrogen-bond acceptors (Lipinski definition) is 3. The number of aryl methyl sites for hydroxylation is 1. The molecule has 0 spiro atoms. The summed E-state index contributed by atoms with van der Waals surface area (Å²) in [6.45, 7) is 6.58. The first-order valence-corrected chi connectivity index (χ1v) is 10.4. The fourth-order valence-electron chi connectivity index (χ4n) is 3.70. The summed E-state index contributed by atoms with van der Waals surface area (Å²) < 4.78 is 0. The lowest BCUT2D eigenvalue weighted by Crippen LogP contribution is -2.38. The van der Waals surface area contributed by atoms with E-state index in [2.05, 4.69) is 29.6 Å². The van der Waals surface area contributed by atoms with Gasteiger partial charge in [0.2, 0.25) is 5.91 Å². The number of nitrogens with one attached hydrogen (secondary N) is 1. The van der Waals surface area contributed by atoms with Crippen LogP contribution in [0.3, 0.4) is 0 Å². The van der Waals surface area contributed by atoms with Crippen LogP contribution in [0.25, 0.3) is 0 Å². The van der Waals surface area contributed by atoms with Crippen LogP contribution in [0.15, 0.2) is 48.5 Å². The molecule has 2 aromatic rings. The second-order valence-electron chi connectivity index (χ2n) is 7.10. The Morgan fingerprint density at radius 2 is 1.75 bits per heavy atom. The Bertz CT molecular complexity index is 720. The molecule has 0 radical (unpaired) electrons. The molecule has 0 saturated carbocycles. The van der Waals surface area contributed by atoms with Gasteiger partial charge in [0.15, 0.2) is 0 Å². The third-order valence-corrected chi connectivity index (χ3v) is 5.21. The van der Waals surface area contributed by atoms with Crippen molar-refractivity contribution in [3.05, 3.63) is 65.2 Å². The minimum atomic E-state index is 0.237. The molecular weight excluding hydrogens is 348 g/mol. The summed E-state index contributed by atoms with van der Waals surface area (Å²) in [7, 11) is 1.97. The van der Waals surface area contributed by atoms with Gasteiger partial charge in [-0.1, -0.05) is 50.2 Å². The molecule has 4 nitrogen and oxygen atoms in total. The van der Waals surface area contributed by atoms with Crippen molar-refractivity contribution < 1.29 is 9.90 Å². The zero-order valence-electron chi connectivity index (χ0n) is 17.4. The van der Waals surface area contributed by atoms with Gasteiger partial charge < -0.3 is 15.3 Å². The van der Waals surface area contributed by atoms with Crippen molar-refractivity contribution in [2.24, 2.45) is 0 Å². The number of carbonyl (C=O) groups excluding carboxylic acids is 1. The van der Waals surface area contributed by atoms with E-state index in [1.807, 2.05) is 37.9 Å². The Labute approximate surface area is 169 Å². The van der Waals surface area contributed by atoms with Crippen LogP contribution in [0.1, 0.15) is 55.7 Å². The lowest BCUT2D eigenvalue weighted by atomic mass is 9.88. The van der Waals surface area contributed by atoms with E-state index in [4.69, 9.17) is 0 Å². The first kappa shape index (κ1) is 22.0. The maximum atomic E-state index is 12.5. The van der Waals surface area contributed by atoms with Gasteiger partial charge in [-0.2, -0.15) is 0 Å². The highest BCUT2D eigenvalue weighted by Crippen LogP contribution is 2.29. The molecule has 1 fully saturated rings. The summed E-state index contributed by atoms with van der Waals surface area (Å²) in [5.41, 5.74) is 3.80. The van der Waals surface area contributed by atoms with Crippen LogP contribution in [-0.4, -0.2) is 36.1 Å². The molecule has 0 unspecified atom stereocenters. The summed E-state index contributed by atoms with van der Waals surface area (Å²) >= 11 is 0. The van der Waals surface area contributed by atoms with E-state index >= 15 is 0 Å². The first-order chi connectivity index (χ1) is 13.7. The Kier molecular flexibility index (Phi) is 9.02. The number of carbonyl (C=O) groups is 1. The van der Waals surface area contributed by atoms with Gasteiger partial charge >= 0.3 is 0 Å². The number of hydrogen-bond donors (Lipinski definition) is 2. The van der Waals surface area contributed by atoms with Crippen molar-refractivity contribution in [2.75, 3.05) is 20.1 Å². The molecule has 0 aromatic heterocycles. The maximum Gasteiger partial charge on any atom is 0.222 e. The van der Waals surface area contributed by atoms with E-state index in [0.717, 1.165) is 44.5 Å². The summed E-state index contributed by atoms with van der Waals surface area (Å²) in [5, 5.41) is 12.5. The number of aromatic hydroxyl groups is 1. The minimum absolute atomic E-state index is 0.237. The topological polar surface area (TPSA) is 52.6 Å². The smallest absolute Gasteiger partial charge is 0.222 e. The molecule has 1 heterocycles. The van der Waals surface area contributed by atoms with Gasteiger partial charge in [-0.3, -0.25) is 4.79 Å². The first-order valence-electron chi connectivity index (χ1n) is 10.4. The molecule has 28 heavy (non-hydrogen) atoms.